The van der Waals surface area contributed by atoms with Gasteiger partial charge in [-0.1, -0.05) is 11.6 Å². The van der Waals surface area contributed by atoms with Crippen molar-refractivity contribution in [3.05, 3.63) is 33.1 Å². The molecule has 1 aromatic rings. The normalized spacial score (nSPS) is 9.62. The topological polar surface area (TPSA) is 93.3 Å². The highest BCUT2D eigenvalue weighted by molar-refractivity contribution is 6.33. The van der Waals surface area contributed by atoms with Gasteiger partial charge in [-0.15, -0.1) is 0 Å². The predicted octanol–water partition coefficient (Wildman–Crippen LogP) is 1.34. The van der Waals surface area contributed by atoms with Gasteiger partial charge >= 0.3 is 11.7 Å². The maximum Gasteiger partial charge on any atom is 0.361 e. The molecule has 0 spiro atoms. The van der Waals surface area contributed by atoms with Gasteiger partial charge in [-0.25, -0.2) is 9.78 Å². The Morgan fingerprint density at radius 2 is 2.31 bits per heavy atom. The molecular formula is C6H3ClN2O4. The van der Waals surface area contributed by atoms with Crippen LogP contribution in [0.25, 0.3) is 0 Å². The fourth-order valence-electron chi connectivity index (χ4n) is 0.761. The Balaban J connectivity index is 3.43. The number of rotatable bonds is 2. The van der Waals surface area contributed by atoms with Crippen LogP contribution in [0.15, 0.2) is 12.3 Å². The molecule has 0 bridgehead atoms. The zero-order valence-corrected chi connectivity index (χ0v) is 6.85. The lowest BCUT2D eigenvalue weighted by atomic mass is 10.3. The molecule has 0 saturated carbocycles. The zero-order chi connectivity index (χ0) is 10.0. The molecule has 0 unspecified atom stereocenters. The molecule has 0 amide bonds. The third-order valence-corrected chi connectivity index (χ3v) is 1.57. The summed E-state index contributed by atoms with van der Waals surface area (Å²) < 4.78 is 0. The van der Waals surface area contributed by atoms with E-state index in [9.17, 15) is 14.9 Å². The van der Waals surface area contributed by atoms with E-state index in [-0.39, 0.29) is 5.02 Å². The van der Waals surface area contributed by atoms with Crippen molar-refractivity contribution < 1.29 is 14.8 Å². The summed E-state index contributed by atoms with van der Waals surface area (Å²) in [6, 6.07) is 1.16. The average Bonchev–Trinajstić information content (AvgIpc) is 2.02. The maximum absolute atomic E-state index is 10.5. The summed E-state index contributed by atoms with van der Waals surface area (Å²) in [6.07, 6.45) is 1.10. The third-order valence-electron chi connectivity index (χ3n) is 1.26. The van der Waals surface area contributed by atoms with Gasteiger partial charge in [0.25, 0.3) is 0 Å². The largest absolute Gasteiger partial charge is 0.476 e. The molecule has 1 aromatic heterocycles. The van der Waals surface area contributed by atoms with Crippen molar-refractivity contribution in [3.63, 3.8) is 0 Å². The van der Waals surface area contributed by atoms with E-state index in [2.05, 4.69) is 4.98 Å². The second kappa shape index (κ2) is 3.36. The number of halogens is 1. The molecule has 1 heterocycles. The summed E-state index contributed by atoms with van der Waals surface area (Å²) in [5, 5.41) is 18.6. The molecule has 0 atom stereocenters. The van der Waals surface area contributed by atoms with Crippen molar-refractivity contribution >= 4 is 23.3 Å². The summed E-state index contributed by atoms with van der Waals surface area (Å²) in [5.41, 5.74) is -1.34. The average molecular weight is 203 g/mol. The highest BCUT2D eigenvalue weighted by Crippen LogP contribution is 2.26. The lowest BCUT2D eigenvalue weighted by Gasteiger charge is -1.97. The third kappa shape index (κ3) is 1.73. The van der Waals surface area contributed by atoms with Crippen molar-refractivity contribution in [2.75, 3.05) is 0 Å². The van der Waals surface area contributed by atoms with E-state index in [0.717, 1.165) is 12.3 Å². The number of carboxylic acid groups (broad SMARTS) is 1. The number of carboxylic acids is 1. The van der Waals surface area contributed by atoms with Gasteiger partial charge in [0, 0.05) is 6.20 Å². The van der Waals surface area contributed by atoms with Gasteiger partial charge in [0.1, 0.15) is 5.02 Å². The van der Waals surface area contributed by atoms with Crippen molar-refractivity contribution in [3.8, 4) is 0 Å². The molecule has 13 heavy (non-hydrogen) atoms. The Bertz CT molecular complexity index is 379. The predicted molar refractivity (Wildman–Crippen MR) is 42.9 cm³/mol. The number of carbonyl (C=O) groups is 1. The molecule has 0 aliphatic carbocycles. The Hall–Kier alpha value is -1.69. The van der Waals surface area contributed by atoms with E-state index in [1.165, 1.54) is 0 Å². The zero-order valence-electron chi connectivity index (χ0n) is 6.10. The maximum atomic E-state index is 10.5. The summed E-state index contributed by atoms with van der Waals surface area (Å²) in [5.74, 6) is -1.48. The molecule has 68 valence electrons. The molecule has 7 heteroatoms. The van der Waals surface area contributed by atoms with E-state index in [1.54, 1.807) is 0 Å². The van der Waals surface area contributed by atoms with Crippen LogP contribution in [0.5, 0.6) is 0 Å². The van der Waals surface area contributed by atoms with Gasteiger partial charge in [-0.05, 0) is 6.07 Å². The number of pyridine rings is 1. The second-order valence-electron chi connectivity index (χ2n) is 2.05. The van der Waals surface area contributed by atoms with E-state index in [4.69, 9.17) is 16.7 Å². The van der Waals surface area contributed by atoms with E-state index >= 15 is 0 Å². The summed E-state index contributed by atoms with van der Waals surface area (Å²) in [6.45, 7) is 0. The summed E-state index contributed by atoms with van der Waals surface area (Å²) in [4.78, 5) is 23.3. The van der Waals surface area contributed by atoms with Gasteiger partial charge in [0.15, 0.2) is 0 Å². The molecule has 0 aliphatic heterocycles. The Morgan fingerprint density at radius 1 is 1.69 bits per heavy atom. The Morgan fingerprint density at radius 3 is 2.69 bits per heavy atom. The molecule has 0 fully saturated rings. The number of hydrogen-bond acceptors (Lipinski definition) is 4. The Labute approximate surface area is 76.9 Å². The fraction of sp³-hybridized carbons (Fsp3) is 0. The van der Waals surface area contributed by atoms with Crippen molar-refractivity contribution in [1.82, 2.24) is 4.98 Å². The monoisotopic (exact) mass is 202 g/mol. The summed E-state index contributed by atoms with van der Waals surface area (Å²) >= 11 is 5.42. The van der Waals surface area contributed by atoms with Crippen LogP contribution < -0.4 is 0 Å². The lowest BCUT2D eigenvalue weighted by Crippen LogP contribution is -2.05. The first-order valence-corrected chi connectivity index (χ1v) is 3.44. The van der Waals surface area contributed by atoms with E-state index in [1.807, 2.05) is 0 Å². The first-order valence-electron chi connectivity index (χ1n) is 3.06. The number of nitro groups is 1. The highest BCUT2D eigenvalue weighted by atomic mass is 35.5. The van der Waals surface area contributed by atoms with Crippen molar-refractivity contribution in [2.45, 2.75) is 0 Å². The standard InChI is InChI=1S/C6H3ClN2O4/c7-3-1-2-8-4(6(10)11)5(3)9(12)13/h1-2H,(H,10,11). The van der Waals surface area contributed by atoms with Crippen LogP contribution in [0.3, 0.4) is 0 Å². The highest BCUT2D eigenvalue weighted by Gasteiger charge is 2.24. The van der Waals surface area contributed by atoms with Crippen LogP contribution in [0.2, 0.25) is 5.02 Å². The van der Waals surface area contributed by atoms with Crippen LogP contribution >= 0.6 is 11.6 Å². The van der Waals surface area contributed by atoms with Gasteiger partial charge in [0.05, 0.1) is 4.92 Å². The first kappa shape index (κ1) is 9.40. The molecule has 0 aliphatic rings. The SMILES string of the molecule is O=C(O)c1nccc(Cl)c1[N+](=O)[O-]. The van der Waals surface area contributed by atoms with E-state index < -0.39 is 22.3 Å². The molecule has 1 N–H and O–H groups in total. The smallest absolute Gasteiger partial charge is 0.361 e. The minimum absolute atomic E-state index is 0.239. The number of nitrogens with zero attached hydrogens (tertiary/aromatic N) is 2. The minimum Gasteiger partial charge on any atom is -0.476 e. The van der Waals surface area contributed by atoms with Crippen LogP contribution in [0.1, 0.15) is 10.5 Å². The van der Waals surface area contributed by atoms with Gasteiger partial charge in [0.2, 0.25) is 5.69 Å². The second-order valence-corrected chi connectivity index (χ2v) is 2.46. The van der Waals surface area contributed by atoms with Crippen molar-refractivity contribution in [2.24, 2.45) is 0 Å². The molecular weight excluding hydrogens is 200 g/mol. The molecule has 0 saturated heterocycles. The van der Waals surface area contributed by atoms with Gasteiger partial charge < -0.3 is 5.11 Å². The molecule has 1 rings (SSSR count). The van der Waals surface area contributed by atoms with Crippen LogP contribution in [0, 0.1) is 10.1 Å². The number of hydrogen-bond donors (Lipinski definition) is 1. The van der Waals surface area contributed by atoms with Crippen LogP contribution in [0.4, 0.5) is 5.69 Å². The summed E-state index contributed by atoms with van der Waals surface area (Å²) in [7, 11) is 0. The van der Waals surface area contributed by atoms with Crippen molar-refractivity contribution in [1.29, 1.82) is 0 Å². The van der Waals surface area contributed by atoms with Crippen LogP contribution in [-0.4, -0.2) is 21.0 Å². The molecule has 0 aromatic carbocycles. The quantitative estimate of drug-likeness (QED) is 0.577. The fourth-order valence-corrected chi connectivity index (χ4v) is 0.975. The molecule has 0 radical (unpaired) electrons. The Kier molecular flexibility index (Phi) is 2.43. The number of aromatic carboxylic acids is 1. The van der Waals surface area contributed by atoms with Gasteiger partial charge in [-0.2, -0.15) is 0 Å². The van der Waals surface area contributed by atoms with Gasteiger partial charge in [-0.3, -0.25) is 10.1 Å². The lowest BCUT2D eigenvalue weighted by molar-refractivity contribution is -0.385. The van der Waals surface area contributed by atoms with Crippen LogP contribution in [-0.2, 0) is 0 Å². The number of aromatic nitrogens is 1. The minimum atomic E-state index is -1.48. The molecule has 6 nitrogen and oxygen atoms in total. The van der Waals surface area contributed by atoms with E-state index in [0.29, 0.717) is 0 Å². The first-order chi connectivity index (χ1) is 6.04.